The van der Waals surface area contributed by atoms with Crippen molar-refractivity contribution in [3.8, 4) is 0 Å². The Morgan fingerprint density at radius 2 is 2.11 bits per heavy atom. The van der Waals surface area contributed by atoms with Gasteiger partial charge < -0.3 is 5.11 Å². The molecule has 2 heterocycles. The number of pyridine rings is 1. The smallest absolute Gasteiger partial charge is 0.354 e. The van der Waals surface area contributed by atoms with Crippen LogP contribution in [0.3, 0.4) is 0 Å². The summed E-state index contributed by atoms with van der Waals surface area (Å²) in [5.74, 6) is -1.17. The zero-order valence-corrected chi connectivity index (χ0v) is 12.4. The van der Waals surface area contributed by atoms with Crippen molar-refractivity contribution in [1.29, 1.82) is 0 Å². The van der Waals surface area contributed by atoms with Crippen molar-refractivity contribution in [2.24, 2.45) is 0 Å². The second-order valence-corrected chi connectivity index (χ2v) is 7.05. The van der Waals surface area contributed by atoms with E-state index in [1.54, 1.807) is 11.4 Å². The third-order valence-corrected chi connectivity index (χ3v) is 6.11. The molecule has 100 valence electrons. The van der Waals surface area contributed by atoms with Gasteiger partial charge in [0.1, 0.15) is 5.69 Å². The number of sulfonamides is 1. The lowest BCUT2D eigenvalue weighted by molar-refractivity contribution is 0.0690. The molecule has 0 saturated carbocycles. The van der Waals surface area contributed by atoms with Gasteiger partial charge in [-0.15, -0.1) is 11.3 Å². The number of aromatic nitrogens is 1. The predicted octanol–water partition coefficient (Wildman–Crippen LogP) is 2.40. The molecule has 0 unspecified atom stereocenters. The summed E-state index contributed by atoms with van der Waals surface area (Å²) < 4.78 is 27.0. The third-order valence-electron chi connectivity index (χ3n) is 2.06. The van der Waals surface area contributed by atoms with Crippen molar-refractivity contribution >= 4 is 48.9 Å². The Morgan fingerprint density at radius 3 is 2.58 bits per heavy atom. The van der Waals surface area contributed by atoms with E-state index in [-0.39, 0.29) is 15.6 Å². The second kappa shape index (κ2) is 5.27. The number of nitrogens with one attached hydrogen (secondary N) is 1. The van der Waals surface area contributed by atoms with Crippen LogP contribution in [0, 0.1) is 0 Å². The fourth-order valence-electron chi connectivity index (χ4n) is 1.25. The van der Waals surface area contributed by atoms with E-state index in [1.807, 2.05) is 0 Å². The summed E-state index contributed by atoms with van der Waals surface area (Å²) in [6.07, 6.45) is 1.16. The molecule has 0 bridgehead atoms. The van der Waals surface area contributed by atoms with Gasteiger partial charge in [-0.05, 0) is 39.5 Å². The number of hydrogen-bond acceptors (Lipinski definition) is 5. The van der Waals surface area contributed by atoms with Crippen LogP contribution in [-0.2, 0) is 10.0 Å². The monoisotopic (exact) mass is 362 g/mol. The molecular weight excluding hydrogens is 356 g/mol. The van der Waals surface area contributed by atoms with Crippen LogP contribution in [0.1, 0.15) is 10.5 Å². The molecule has 0 amide bonds. The zero-order chi connectivity index (χ0) is 14.0. The molecule has 2 aromatic rings. The molecule has 0 saturated heterocycles. The molecule has 2 N–H and O–H groups in total. The van der Waals surface area contributed by atoms with Gasteiger partial charge >= 0.3 is 5.97 Å². The summed E-state index contributed by atoms with van der Waals surface area (Å²) >= 11 is 4.22. The Kier molecular flexibility index (Phi) is 3.88. The standard InChI is InChI=1S/C10H7BrN2O4S2/c11-7-3-4-18-10(7)19(16,17)13-6-1-2-8(9(14)15)12-5-6/h1-5,13H,(H,14,15). The van der Waals surface area contributed by atoms with Crippen LogP contribution in [0.5, 0.6) is 0 Å². The molecule has 2 aromatic heterocycles. The van der Waals surface area contributed by atoms with Gasteiger partial charge in [0, 0.05) is 4.47 Å². The van der Waals surface area contributed by atoms with Gasteiger partial charge in [0.15, 0.2) is 4.21 Å². The molecule has 0 aliphatic rings. The Balaban J connectivity index is 2.26. The highest BCUT2D eigenvalue weighted by Crippen LogP contribution is 2.29. The average molecular weight is 363 g/mol. The topological polar surface area (TPSA) is 96.4 Å². The van der Waals surface area contributed by atoms with Crippen LogP contribution in [-0.4, -0.2) is 24.5 Å². The van der Waals surface area contributed by atoms with Crippen LogP contribution in [0.2, 0.25) is 0 Å². The first-order valence-corrected chi connectivity index (χ1v) is 8.01. The molecular formula is C10H7BrN2O4S2. The van der Waals surface area contributed by atoms with Crippen LogP contribution in [0.25, 0.3) is 0 Å². The molecule has 0 aliphatic carbocycles. The van der Waals surface area contributed by atoms with Crippen molar-refractivity contribution in [1.82, 2.24) is 4.98 Å². The minimum Gasteiger partial charge on any atom is -0.477 e. The van der Waals surface area contributed by atoms with Crippen LogP contribution < -0.4 is 4.72 Å². The number of aromatic carboxylic acids is 1. The summed E-state index contributed by atoms with van der Waals surface area (Å²) in [5.41, 5.74) is 0.0468. The molecule has 0 aromatic carbocycles. The molecule has 0 aliphatic heterocycles. The number of thiophene rings is 1. The summed E-state index contributed by atoms with van der Waals surface area (Å²) in [7, 11) is -3.70. The van der Waals surface area contributed by atoms with Gasteiger partial charge in [-0.1, -0.05) is 0 Å². The molecule has 19 heavy (non-hydrogen) atoms. The average Bonchev–Trinajstić information content (AvgIpc) is 2.76. The van der Waals surface area contributed by atoms with Crippen LogP contribution in [0.4, 0.5) is 5.69 Å². The number of anilines is 1. The van der Waals surface area contributed by atoms with E-state index in [1.165, 1.54) is 12.1 Å². The fraction of sp³-hybridized carbons (Fsp3) is 0. The van der Waals surface area contributed by atoms with Gasteiger partial charge in [0.05, 0.1) is 11.9 Å². The minimum atomic E-state index is -3.70. The zero-order valence-electron chi connectivity index (χ0n) is 9.20. The van der Waals surface area contributed by atoms with Crippen LogP contribution in [0.15, 0.2) is 38.5 Å². The Hall–Kier alpha value is -1.45. The van der Waals surface area contributed by atoms with Crippen LogP contribution >= 0.6 is 27.3 Å². The molecule has 2 rings (SSSR count). The molecule has 0 fully saturated rings. The van der Waals surface area contributed by atoms with Crippen molar-refractivity contribution in [3.63, 3.8) is 0 Å². The van der Waals surface area contributed by atoms with E-state index in [9.17, 15) is 13.2 Å². The first-order valence-electron chi connectivity index (χ1n) is 4.85. The lowest BCUT2D eigenvalue weighted by Gasteiger charge is -2.06. The van der Waals surface area contributed by atoms with E-state index in [2.05, 4.69) is 25.6 Å². The first kappa shape index (κ1) is 14.0. The fourth-order valence-corrected chi connectivity index (χ4v) is 4.64. The summed E-state index contributed by atoms with van der Waals surface area (Å²) in [6.45, 7) is 0. The molecule has 0 radical (unpaired) electrons. The minimum absolute atomic E-state index is 0.148. The van der Waals surface area contributed by atoms with E-state index in [0.717, 1.165) is 17.5 Å². The summed E-state index contributed by atoms with van der Waals surface area (Å²) in [5, 5.41) is 10.3. The van der Waals surface area contributed by atoms with Gasteiger partial charge in [-0.3, -0.25) is 4.72 Å². The van der Waals surface area contributed by atoms with E-state index in [4.69, 9.17) is 5.11 Å². The number of nitrogens with zero attached hydrogens (tertiary/aromatic N) is 1. The van der Waals surface area contributed by atoms with Gasteiger partial charge in [-0.2, -0.15) is 0 Å². The maximum atomic E-state index is 12.0. The number of rotatable bonds is 4. The number of carboxylic acid groups (broad SMARTS) is 1. The predicted molar refractivity (Wildman–Crippen MR) is 74.0 cm³/mol. The number of carboxylic acids is 1. The number of hydrogen-bond donors (Lipinski definition) is 2. The largest absolute Gasteiger partial charge is 0.477 e. The third kappa shape index (κ3) is 3.11. The lowest BCUT2D eigenvalue weighted by atomic mass is 10.3. The van der Waals surface area contributed by atoms with E-state index in [0.29, 0.717) is 4.47 Å². The van der Waals surface area contributed by atoms with Crippen molar-refractivity contribution in [2.75, 3.05) is 4.72 Å². The van der Waals surface area contributed by atoms with Crippen molar-refractivity contribution in [3.05, 3.63) is 39.9 Å². The molecule has 0 atom stereocenters. The summed E-state index contributed by atoms with van der Waals surface area (Å²) in [4.78, 5) is 14.3. The quantitative estimate of drug-likeness (QED) is 0.870. The highest BCUT2D eigenvalue weighted by Gasteiger charge is 2.19. The highest BCUT2D eigenvalue weighted by molar-refractivity contribution is 9.10. The van der Waals surface area contributed by atoms with Gasteiger partial charge in [0.25, 0.3) is 10.0 Å². The Morgan fingerprint density at radius 1 is 1.37 bits per heavy atom. The normalized spacial score (nSPS) is 11.2. The second-order valence-electron chi connectivity index (χ2n) is 3.40. The lowest BCUT2D eigenvalue weighted by Crippen LogP contribution is -2.12. The molecule has 9 heteroatoms. The maximum Gasteiger partial charge on any atom is 0.354 e. The van der Waals surface area contributed by atoms with Crippen molar-refractivity contribution in [2.45, 2.75) is 4.21 Å². The Bertz CT molecular complexity index is 709. The van der Waals surface area contributed by atoms with E-state index >= 15 is 0 Å². The van der Waals surface area contributed by atoms with Gasteiger partial charge in [-0.25, -0.2) is 18.2 Å². The molecule has 6 nitrogen and oxygen atoms in total. The Labute approximate surface area is 121 Å². The maximum absolute atomic E-state index is 12.0. The van der Waals surface area contributed by atoms with Gasteiger partial charge in [0.2, 0.25) is 0 Å². The SMILES string of the molecule is O=C(O)c1ccc(NS(=O)(=O)c2sccc2Br)cn1. The number of carbonyl (C=O) groups is 1. The summed E-state index contributed by atoms with van der Waals surface area (Å²) in [6, 6.07) is 4.20. The number of halogens is 1. The molecule has 0 spiro atoms. The highest BCUT2D eigenvalue weighted by atomic mass is 79.9. The van der Waals surface area contributed by atoms with Crippen molar-refractivity contribution < 1.29 is 18.3 Å². The van der Waals surface area contributed by atoms with E-state index < -0.39 is 16.0 Å². The first-order chi connectivity index (χ1) is 8.90.